The van der Waals surface area contributed by atoms with Crippen LogP contribution in [0.1, 0.15) is 53.4 Å². The van der Waals surface area contributed by atoms with Crippen LogP contribution < -0.4 is 0 Å². The van der Waals surface area contributed by atoms with Gasteiger partial charge in [-0.15, -0.1) is 0 Å². The summed E-state index contributed by atoms with van der Waals surface area (Å²) in [4.78, 5) is 10.7. The minimum atomic E-state index is -0.667. The predicted octanol–water partition coefficient (Wildman–Crippen LogP) is 3.31. The molecule has 82 valence electrons. The smallest absolute Gasteiger partial charge is 0.303 e. The Bertz CT molecular complexity index is 228. The van der Waals surface area contributed by atoms with Gasteiger partial charge in [-0.2, -0.15) is 0 Å². The molecule has 0 aliphatic heterocycles. The summed E-state index contributed by atoms with van der Waals surface area (Å²) in [5.41, 5.74) is 0.375. The van der Waals surface area contributed by atoms with Crippen LogP contribution in [0.2, 0.25) is 0 Å². The van der Waals surface area contributed by atoms with Gasteiger partial charge in [0.15, 0.2) is 0 Å². The van der Waals surface area contributed by atoms with Gasteiger partial charge in [0.25, 0.3) is 0 Å². The Morgan fingerprint density at radius 2 is 2.07 bits per heavy atom. The fraction of sp³-hybridized carbons (Fsp3) is 0.917. The van der Waals surface area contributed by atoms with Gasteiger partial charge in [0.05, 0.1) is 6.42 Å². The monoisotopic (exact) mass is 198 g/mol. The lowest BCUT2D eigenvalue weighted by molar-refractivity contribution is -0.140. The zero-order valence-electron chi connectivity index (χ0n) is 9.76. The second-order valence-corrected chi connectivity index (χ2v) is 6.16. The SMILES string of the molecule is CC1(C)CCC(C(C)(C)CC(=O)O)C1. The standard InChI is InChI=1S/C12H22O2/c1-11(2)6-5-9(7-11)12(3,4)8-10(13)14/h9H,5-8H2,1-4H3,(H,13,14). The van der Waals surface area contributed by atoms with Crippen molar-refractivity contribution in [2.24, 2.45) is 16.7 Å². The lowest BCUT2D eigenvalue weighted by Crippen LogP contribution is -2.26. The average Bonchev–Trinajstić information content (AvgIpc) is 2.27. The maximum Gasteiger partial charge on any atom is 0.303 e. The molecule has 0 aromatic carbocycles. The summed E-state index contributed by atoms with van der Waals surface area (Å²) in [6.45, 7) is 8.74. The topological polar surface area (TPSA) is 37.3 Å². The van der Waals surface area contributed by atoms with Crippen molar-refractivity contribution < 1.29 is 9.90 Å². The van der Waals surface area contributed by atoms with Crippen molar-refractivity contribution in [2.45, 2.75) is 53.4 Å². The van der Waals surface area contributed by atoms with Crippen molar-refractivity contribution in [3.63, 3.8) is 0 Å². The van der Waals surface area contributed by atoms with E-state index in [1.165, 1.54) is 19.3 Å². The van der Waals surface area contributed by atoms with E-state index in [9.17, 15) is 4.79 Å². The van der Waals surface area contributed by atoms with Crippen molar-refractivity contribution in [3.05, 3.63) is 0 Å². The Labute approximate surface area is 86.7 Å². The van der Waals surface area contributed by atoms with E-state index in [-0.39, 0.29) is 5.41 Å². The molecule has 1 aliphatic carbocycles. The summed E-state index contributed by atoms with van der Waals surface area (Å²) < 4.78 is 0. The summed E-state index contributed by atoms with van der Waals surface area (Å²) in [5.74, 6) is -0.0895. The van der Waals surface area contributed by atoms with E-state index < -0.39 is 5.97 Å². The largest absolute Gasteiger partial charge is 0.481 e. The molecule has 14 heavy (non-hydrogen) atoms. The third-order valence-corrected chi connectivity index (χ3v) is 3.68. The molecule has 0 radical (unpaired) electrons. The van der Waals surface area contributed by atoms with Crippen molar-refractivity contribution in [1.29, 1.82) is 0 Å². The van der Waals surface area contributed by atoms with Crippen LogP contribution >= 0.6 is 0 Å². The molecule has 1 N–H and O–H groups in total. The lowest BCUT2D eigenvalue weighted by Gasteiger charge is -2.31. The highest BCUT2D eigenvalue weighted by molar-refractivity contribution is 5.67. The van der Waals surface area contributed by atoms with Gasteiger partial charge in [-0.25, -0.2) is 0 Å². The number of aliphatic carboxylic acids is 1. The highest BCUT2D eigenvalue weighted by Crippen LogP contribution is 2.49. The van der Waals surface area contributed by atoms with Crippen molar-refractivity contribution in [3.8, 4) is 0 Å². The fourth-order valence-electron chi connectivity index (χ4n) is 2.64. The Balaban J connectivity index is 2.61. The van der Waals surface area contributed by atoms with E-state index in [1.54, 1.807) is 0 Å². The molecule has 1 rings (SSSR count). The number of carboxylic acid groups (broad SMARTS) is 1. The molecule has 0 amide bonds. The molecule has 0 aromatic rings. The number of rotatable bonds is 3. The molecule has 0 saturated heterocycles. The molecule has 1 atom stereocenters. The first kappa shape index (κ1) is 11.5. The Morgan fingerprint density at radius 3 is 2.43 bits per heavy atom. The molecule has 0 heterocycles. The summed E-state index contributed by atoms with van der Waals surface area (Å²) in [6.07, 6.45) is 3.90. The van der Waals surface area contributed by atoms with Crippen LogP contribution in [0.5, 0.6) is 0 Å². The van der Waals surface area contributed by atoms with Gasteiger partial charge >= 0.3 is 5.97 Å². The van der Waals surface area contributed by atoms with E-state index in [2.05, 4.69) is 27.7 Å². The molecule has 0 aromatic heterocycles. The molecular formula is C12H22O2. The van der Waals surface area contributed by atoms with Gasteiger partial charge in [0.1, 0.15) is 0 Å². The molecule has 2 nitrogen and oxygen atoms in total. The molecule has 1 fully saturated rings. The van der Waals surface area contributed by atoms with E-state index >= 15 is 0 Å². The van der Waals surface area contributed by atoms with Gasteiger partial charge in [-0.1, -0.05) is 27.7 Å². The molecule has 0 spiro atoms. The van der Waals surface area contributed by atoms with Crippen LogP contribution in [-0.2, 0) is 4.79 Å². The van der Waals surface area contributed by atoms with Gasteiger partial charge in [0, 0.05) is 0 Å². The van der Waals surface area contributed by atoms with Crippen LogP contribution in [-0.4, -0.2) is 11.1 Å². The zero-order valence-corrected chi connectivity index (χ0v) is 9.76. The first-order chi connectivity index (χ1) is 6.23. The van der Waals surface area contributed by atoms with Gasteiger partial charge in [-0.05, 0) is 36.0 Å². The molecule has 1 saturated carbocycles. The average molecular weight is 198 g/mol. The van der Waals surface area contributed by atoms with Crippen LogP contribution in [0, 0.1) is 16.7 Å². The zero-order chi connectivity index (χ0) is 11.0. The van der Waals surface area contributed by atoms with Crippen LogP contribution in [0.4, 0.5) is 0 Å². The summed E-state index contributed by atoms with van der Waals surface area (Å²) in [6, 6.07) is 0. The number of hydrogen-bond acceptors (Lipinski definition) is 1. The highest BCUT2D eigenvalue weighted by atomic mass is 16.4. The molecule has 1 aliphatic rings. The highest BCUT2D eigenvalue weighted by Gasteiger charge is 2.40. The van der Waals surface area contributed by atoms with E-state index in [0.717, 1.165) is 0 Å². The molecule has 0 bridgehead atoms. The normalized spacial score (nSPS) is 26.4. The number of carbonyl (C=O) groups is 1. The lowest BCUT2D eigenvalue weighted by atomic mass is 9.74. The summed E-state index contributed by atoms with van der Waals surface area (Å²) >= 11 is 0. The van der Waals surface area contributed by atoms with Crippen molar-refractivity contribution in [2.75, 3.05) is 0 Å². The van der Waals surface area contributed by atoms with Crippen molar-refractivity contribution in [1.82, 2.24) is 0 Å². The van der Waals surface area contributed by atoms with E-state index in [1.807, 2.05) is 0 Å². The van der Waals surface area contributed by atoms with Crippen LogP contribution in [0.3, 0.4) is 0 Å². The Hall–Kier alpha value is -0.530. The Morgan fingerprint density at radius 1 is 1.50 bits per heavy atom. The predicted molar refractivity (Wildman–Crippen MR) is 57.2 cm³/mol. The van der Waals surface area contributed by atoms with Crippen LogP contribution in [0.25, 0.3) is 0 Å². The van der Waals surface area contributed by atoms with E-state index in [0.29, 0.717) is 17.8 Å². The van der Waals surface area contributed by atoms with E-state index in [4.69, 9.17) is 5.11 Å². The minimum absolute atomic E-state index is 0.0421. The first-order valence-electron chi connectivity index (χ1n) is 5.45. The number of carboxylic acids is 1. The molecular weight excluding hydrogens is 176 g/mol. The third kappa shape index (κ3) is 2.73. The first-order valence-corrected chi connectivity index (χ1v) is 5.45. The van der Waals surface area contributed by atoms with Gasteiger partial charge in [0.2, 0.25) is 0 Å². The maximum atomic E-state index is 10.7. The summed E-state index contributed by atoms with van der Waals surface area (Å²) in [5, 5.41) is 8.84. The molecule has 1 unspecified atom stereocenters. The quantitative estimate of drug-likeness (QED) is 0.755. The van der Waals surface area contributed by atoms with Gasteiger partial charge < -0.3 is 5.11 Å². The third-order valence-electron chi connectivity index (χ3n) is 3.68. The second-order valence-electron chi connectivity index (χ2n) is 6.16. The van der Waals surface area contributed by atoms with Crippen molar-refractivity contribution >= 4 is 5.97 Å². The molecule has 2 heteroatoms. The summed E-state index contributed by atoms with van der Waals surface area (Å²) in [7, 11) is 0. The number of hydrogen-bond donors (Lipinski definition) is 1. The maximum absolute atomic E-state index is 10.7. The van der Waals surface area contributed by atoms with Gasteiger partial charge in [-0.3, -0.25) is 4.79 Å². The van der Waals surface area contributed by atoms with Crippen LogP contribution in [0.15, 0.2) is 0 Å². The second kappa shape index (κ2) is 3.56. The fourth-order valence-corrected chi connectivity index (χ4v) is 2.64. The minimum Gasteiger partial charge on any atom is -0.481 e. The Kier molecular flexibility index (Phi) is 2.93.